The van der Waals surface area contributed by atoms with E-state index in [1.54, 1.807) is 0 Å². The Labute approximate surface area is 122 Å². The van der Waals surface area contributed by atoms with Gasteiger partial charge in [-0.3, -0.25) is 9.00 Å². The average molecular weight is 298 g/mol. The van der Waals surface area contributed by atoms with Crippen LogP contribution >= 0.6 is 0 Å². The minimum Gasteiger partial charge on any atom is -0.469 e. The van der Waals surface area contributed by atoms with E-state index in [1.807, 2.05) is 31.2 Å². The van der Waals surface area contributed by atoms with Gasteiger partial charge in [0.1, 0.15) is 0 Å². The molecule has 0 heterocycles. The van der Waals surface area contributed by atoms with Gasteiger partial charge in [-0.1, -0.05) is 24.1 Å². The average Bonchev–Trinajstić information content (AvgIpc) is 2.43. The normalized spacial score (nSPS) is 13.8. The van der Waals surface area contributed by atoms with Gasteiger partial charge in [0.15, 0.2) is 0 Å². The van der Waals surface area contributed by atoms with E-state index >= 15 is 0 Å². The van der Waals surface area contributed by atoms with Crippen molar-refractivity contribution in [2.45, 2.75) is 43.6 Å². The molecule has 1 N–H and O–H groups in total. The molecule has 1 aromatic rings. The summed E-state index contributed by atoms with van der Waals surface area (Å²) in [5, 5.41) is 9.85. The topological polar surface area (TPSA) is 63.6 Å². The molecule has 0 bridgehead atoms. The van der Waals surface area contributed by atoms with Crippen molar-refractivity contribution in [3.63, 3.8) is 0 Å². The molecule has 1 rings (SSSR count). The van der Waals surface area contributed by atoms with E-state index in [-0.39, 0.29) is 11.7 Å². The van der Waals surface area contributed by atoms with Gasteiger partial charge in [-0.05, 0) is 31.9 Å². The number of aliphatic hydroxyl groups is 1. The summed E-state index contributed by atoms with van der Waals surface area (Å²) in [7, 11) is 0.184. The summed E-state index contributed by atoms with van der Waals surface area (Å²) >= 11 is 0. The number of hydrogen-bond acceptors (Lipinski definition) is 4. The number of methoxy groups -OCH3 is 1. The molecule has 0 fully saturated rings. The summed E-state index contributed by atoms with van der Waals surface area (Å²) in [5.41, 5.74) is 1.12. The van der Waals surface area contributed by atoms with Crippen LogP contribution in [0.5, 0.6) is 0 Å². The van der Waals surface area contributed by atoms with E-state index < -0.39 is 16.9 Å². The van der Waals surface area contributed by atoms with Crippen molar-refractivity contribution in [2.24, 2.45) is 0 Å². The van der Waals surface area contributed by atoms with Crippen LogP contribution in [0.4, 0.5) is 0 Å². The van der Waals surface area contributed by atoms with Gasteiger partial charge in [0, 0.05) is 11.3 Å². The van der Waals surface area contributed by atoms with Gasteiger partial charge < -0.3 is 9.84 Å². The van der Waals surface area contributed by atoms with E-state index in [1.165, 1.54) is 7.11 Å². The first kappa shape index (κ1) is 16.9. The van der Waals surface area contributed by atoms with Crippen molar-refractivity contribution in [3.05, 3.63) is 29.8 Å². The molecule has 4 nitrogen and oxygen atoms in total. The van der Waals surface area contributed by atoms with Crippen LogP contribution < -0.4 is 0 Å². The lowest BCUT2D eigenvalue weighted by Gasteiger charge is -2.10. The highest BCUT2D eigenvalue weighted by Crippen LogP contribution is 2.12. The van der Waals surface area contributed by atoms with Gasteiger partial charge >= 0.3 is 5.97 Å². The highest BCUT2D eigenvalue weighted by Gasteiger charge is 2.11. The molecule has 0 saturated carbocycles. The minimum absolute atomic E-state index is 0.234. The second-order valence-corrected chi connectivity index (χ2v) is 6.30. The first-order valence-electron chi connectivity index (χ1n) is 6.73. The van der Waals surface area contributed by atoms with Gasteiger partial charge in [-0.15, -0.1) is 0 Å². The number of aryl methyl sites for hydroxylation is 1. The first-order chi connectivity index (χ1) is 9.52. The summed E-state index contributed by atoms with van der Waals surface area (Å²) in [6.07, 6.45) is 1.72. The Kier molecular flexibility index (Phi) is 7.47. The van der Waals surface area contributed by atoms with E-state index in [4.69, 9.17) is 0 Å². The molecule has 20 heavy (non-hydrogen) atoms. The van der Waals surface area contributed by atoms with Gasteiger partial charge in [0.05, 0.1) is 29.8 Å². The van der Waals surface area contributed by atoms with Crippen molar-refractivity contribution in [1.82, 2.24) is 0 Å². The zero-order valence-corrected chi connectivity index (χ0v) is 12.8. The number of carbonyl (C=O) groups is 1. The zero-order chi connectivity index (χ0) is 15.0. The molecule has 0 aliphatic heterocycles. The molecular weight excluding hydrogens is 276 g/mol. The summed E-state index contributed by atoms with van der Waals surface area (Å²) in [6.45, 7) is 1.98. The van der Waals surface area contributed by atoms with Crippen molar-refractivity contribution in [2.75, 3.05) is 12.9 Å². The standard InChI is InChI=1S/C15H22O4S/c1-12-7-9-14(10-8-12)20(18)11-13(16)5-3-4-6-15(17)19-2/h7-10,13,16H,3-6,11H2,1-2H3/t13-,20+/m0/s1. The third-order valence-corrected chi connectivity index (χ3v) is 4.51. The van der Waals surface area contributed by atoms with E-state index in [0.717, 1.165) is 16.9 Å². The predicted molar refractivity (Wildman–Crippen MR) is 78.9 cm³/mol. The van der Waals surface area contributed by atoms with Crippen LogP contribution in [0.25, 0.3) is 0 Å². The number of rotatable bonds is 8. The fourth-order valence-corrected chi connectivity index (χ4v) is 2.94. The summed E-state index contributed by atoms with van der Waals surface area (Å²) < 4.78 is 16.6. The lowest BCUT2D eigenvalue weighted by molar-refractivity contribution is -0.140. The number of esters is 1. The fraction of sp³-hybridized carbons (Fsp3) is 0.533. The van der Waals surface area contributed by atoms with Crippen LogP contribution in [-0.4, -0.2) is 34.3 Å². The van der Waals surface area contributed by atoms with Gasteiger partial charge in [-0.25, -0.2) is 0 Å². The minimum atomic E-state index is -1.18. The van der Waals surface area contributed by atoms with Crippen LogP contribution in [0.1, 0.15) is 31.2 Å². The van der Waals surface area contributed by atoms with Crippen LogP contribution in [-0.2, 0) is 20.3 Å². The highest BCUT2D eigenvalue weighted by molar-refractivity contribution is 7.85. The quantitative estimate of drug-likeness (QED) is 0.590. The summed E-state index contributed by atoms with van der Waals surface area (Å²) in [5.74, 6) is 0.00379. The molecule has 0 radical (unpaired) electrons. The first-order valence-corrected chi connectivity index (χ1v) is 8.04. The number of carbonyl (C=O) groups excluding carboxylic acids is 1. The molecule has 0 amide bonds. The molecule has 112 valence electrons. The maximum atomic E-state index is 12.0. The third-order valence-electron chi connectivity index (χ3n) is 3.02. The maximum absolute atomic E-state index is 12.0. The summed E-state index contributed by atoms with van der Waals surface area (Å²) in [6, 6.07) is 7.48. The second kappa shape index (κ2) is 8.87. The van der Waals surface area contributed by atoms with Gasteiger partial charge in [0.25, 0.3) is 0 Å². The van der Waals surface area contributed by atoms with Crippen LogP contribution in [0.15, 0.2) is 29.2 Å². The second-order valence-electron chi connectivity index (χ2n) is 4.80. The highest BCUT2D eigenvalue weighted by atomic mass is 32.2. The number of aliphatic hydroxyl groups excluding tert-OH is 1. The molecule has 0 aliphatic rings. The molecule has 0 aromatic heterocycles. The number of unbranched alkanes of at least 4 members (excludes halogenated alkanes) is 1. The maximum Gasteiger partial charge on any atom is 0.305 e. The van der Waals surface area contributed by atoms with E-state index in [2.05, 4.69) is 4.74 Å². The van der Waals surface area contributed by atoms with Crippen molar-refractivity contribution >= 4 is 16.8 Å². The molecule has 5 heteroatoms. The Morgan fingerprint density at radius 3 is 2.55 bits per heavy atom. The molecule has 0 unspecified atom stereocenters. The Balaban J connectivity index is 2.28. The molecule has 0 spiro atoms. The van der Waals surface area contributed by atoms with E-state index in [9.17, 15) is 14.1 Å². The van der Waals surface area contributed by atoms with Crippen molar-refractivity contribution in [3.8, 4) is 0 Å². The Hall–Kier alpha value is -1.20. The van der Waals surface area contributed by atoms with E-state index in [0.29, 0.717) is 19.3 Å². The molecule has 2 atom stereocenters. The monoisotopic (exact) mass is 298 g/mol. The Bertz CT molecular complexity index is 442. The molecular formula is C15H22O4S. The number of ether oxygens (including phenoxy) is 1. The Morgan fingerprint density at radius 2 is 1.95 bits per heavy atom. The van der Waals surface area contributed by atoms with Crippen LogP contribution in [0.3, 0.4) is 0 Å². The largest absolute Gasteiger partial charge is 0.469 e. The Morgan fingerprint density at radius 1 is 1.30 bits per heavy atom. The lowest BCUT2D eigenvalue weighted by atomic mass is 10.1. The van der Waals surface area contributed by atoms with Gasteiger partial charge in [-0.2, -0.15) is 0 Å². The number of hydrogen-bond donors (Lipinski definition) is 1. The lowest BCUT2D eigenvalue weighted by Crippen LogP contribution is -2.16. The predicted octanol–water partition coefficient (Wildman–Crippen LogP) is 2.20. The van der Waals surface area contributed by atoms with Crippen LogP contribution in [0.2, 0.25) is 0 Å². The van der Waals surface area contributed by atoms with Crippen LogP contribution in [0, 0.1) is 6.92 Å². The molecule has 0 saturated heterocycles. The summed E-state index contributed by atoms with van der Waals surface area (Å²) in [4.78, 5) is 11.7. The third kappa shape index (κ3) is 6.30. The van der Waals surface area contributed by atoms with Crippen molar-refractivity contribution in [1.29, 1.82) is 0 Å². The fourth-order valence-electron chi connectivity index (χ4n) is 1.80. The molecule has 0 aliphatic carbocycles. The SMILES string of the molecule is COC(=O)CCCC[C@H](O)C[S@@](=O)c1ccc(C)cc1. The number of benzene rings is 1. The van der Waals surface area contributed by atoms with Gasteiger partial charge in [0.2, 0.25) is 0 Å². The van der Waals surface area contributed by atoms with Crippen molar-refractivity contribution < 1.29 is 18.8 Å². The molecule has 1 aromatic carbocycles. The smallest absolute Gasteiger partial charge is 0.305 e. The zero-order valence-electron chi connectivity index (χ0n) is 12.0.